The molecule has 0 aliphatic carbocycles. The Morgan fingerprint density at radius 3 is 2.22 bits per heavy atom. The first kappa shape index (κ1) is 20.0. The van der Waals surface area contributed by atoms with Crippen LogP contribution in [-0.2, 0) is 10.0 Å². The van der Waals surface area contributed by atoms with Crippen LogP contribution in [0, 0.1) is 0 Å². The van der Waals surface area contributed by atoms with Crippen molar-refractivity contribution in [2.24, 2.45) is 0 Å². The van der Waals surface area contributed by atoms with Gasteiger partial charge >= 0.3 is 0 Å². The van der Waals surface area contributed by atoms with E-state index in [1.165, 1.54) is 4.31 Å². The second kappa shape index (κ2) is 8.10. The maximum Gasteiger partial charge on any atom is 0.243 e. The van der Waals surface area contributed by atoms with Gasteiger partial charge in [0.25, 0.3) is 0 Å². The number of hydrogen-bond donors (Lipinski definition) is 1. The first-order valence-electron chi connectivity index (χ1n) is 9.33. The lowest BCUT2D eigenvalue weighted by atomic mass is 9.94. The maximum atomic E-state index is 13.1. The molecule has 0 aromatic heterocycles. The maximum absolute atomic E-state index is 13.1. The molecule has 1 aliphatic heterocycles. The largest absolute Gasteiger partial charge is 0.389 e. The Kier molecular flexibility index (Phi) is 6.01. The average molecular weight is 389 g/mol. The Hall–Kier alpha value is -1.73. The third-order valence-corrected chi connectivity index (χ3v) is 7.00. The molecule has 3 rings (SSSR count). The molecule has 0 saturated carbocycles. The highest BCUT2D eigenvalue weighted by Crippen LogP contribution is 2.28. The topological polar surface area (TPSA) is 60.9 Å². The van der Waals surface area contributed by atoms with Crippen LogP contribution in [0.5, 0.6) is 0 Å². The predicted octanol–water partition coefficient (Wildman–Crippen LogP) is 2.82. The number of hydrogen-bond acceptors (Lipinski definition) is 4. The van der Waals surface area contributed by atoms with Gasteiger partial charge in [-0.25, -0.2) is 8.42 Å². The van der Waals surface area contributed by atoms with Crippen LogP contribution in [0.1, 0.15) is 19.3 Å². The molecule has 146 valence electrons. The molecule has 5 nitrogen and oxygen atoms in total. The van der Waals surface area contributed by atoms with Gasteiger partial charge in [0.05, 0.1) is 10.5 Å². The van der Waals surface area contributed by atoms with E-state index in [1.54, 1.807) is 12.1 Å². The van der Waals surface area contributed by atoms with Crippen LogP contribution < -0.4 is 0 Å². The van der Waals surface area contributed by atoms with Gasteiger partial charge in [-0.05, 0) is 56.6 Å². The summed E-state index contributed by atoms with van der Waals surface area (Å²) in [6.07, 6.45) is 1.72. The van der Waals surface area contributed by atoms with E-state index in [0.29, 0.717) is 43.8 Å². The number of sulfonamides is 1. The molecule has 0 amide bonds. The Balaban J connectivity index is 1.76. The third kappa shape index (κ3) is 4.76. The summed E-state index contributed by atoms with van der Waals surface area (Å²) >= 11 is 0. The predicted molar refractivity (Wildman–Crippen MR) is 108 cm³/mol. The summed E-state index contributed by atoms with van der Waals surface area (Å²) in [6, 6.07) is 16.9. The normalized spacial score (nSPS) is 21.9. The SMILES string of the molecule is CN(C)C[C@@]1(O)CCCN(S(=O)(=O)c2ccc(-c3ccccc3)cc2)CC1. The molecule has 6 heteroatoms. The fourth-order valence-electron chi connectivity index (χ4n) is 3.74. The highest BCUT2D eigenvalue weighted by Gasteiger charge is 2.34. The van der Waals surface area contributed by atoms with Crippen molar-refractivity contribution < 1.29 is 13.5 Å². The average Bonchev–Trinajstić information content (AvgIpc) is 2.84. The van der Waals surface area contributed by atoms with Crippen molar-refractivity contribution >= 4 is 10.0 Å². The van der Waals surface area contributed by atoms with Crippen LogP contribution in [0.25, 0.3) is 11.1 Å². The summed E-state index contributed by atoms with van der Waals surface area (Å²) in [4.78, 5) is 2.26. The minimum Gasteiger partial charge on any atom is -0.389 e. The lowest BCUT2D eigenvalue weighted by Crippen LogP contribution is -2.41. The fraction of sp³-hybridized carbons (Fsp3) is 0.429. The zero-order valence-corrected chi connectivity index (χ0v) is 16.8. The molecule has 0 bridgehead atoms. The number of aliphatic hydroxyl groups is 1. The van der Waals surface area contributed by atoms with Gasteiger partial charge in [-0.3, -0.25) is 0 Å². The molecule has 2 aromatic carbocycles. The zero-order chi connectivity index (χ0) is 19.5. The Labute approximate surface area is 162 Å². The number of benzene rings is 2. The van der Waals surface area contributed by atoms with Gasteiger partial charge in [0.1, 0.15) is 0 Å². The summed E-state index contributed by atoms with van der Waals surface area (Å²) in [5.41, 5.74) is 1.22. The van der Waals surface area contributed by atoms with Gasteiger partial charge < -0.3 is 10.0 Å². The molecular formula is C21H28N2O3S. The second-order valence-electron chi connectivity index (χ2n) is 7.61. The summed E-state index contributed by atoms with van der Waals surface area (Å²) in [5.74, 6) is 0. The third-order valence-electron chi connectivity index (χ3n) is 5.09. The van der Waals surface area contributed by atoms with Crippen molar-refractivity contribution in [3.05, 3.63) is 54.6 Å². The van der Waals surface area contributed by atoms with Gasteiger partial charge in [0.15, 0.2) is 0 Å². The van der Waals surface area contributed by atoms with E-state index in [4.69, 9.17) is 0 Å². The van der Waals surface area contributed by atoms with E-state index in [9.17, 15) is 13.5 Å². The first-order valence-corrected chi connectivity index (χ1v) is 10.8. The molecule has 1 saturated heterocycles. The van der Waals surface area contributed by atoms with E-state index >= 15 is 0 Å². The van der Waals surface area contributed by atoms with E-state index in [-0.39, 0.29) is 0 Å². The molecule has 1 atom stereocenters. The van der Waals surface area contributed by atoms with Crippen molar-refractivity contribution in [3.63, 3.8) is 0 Å². The quantitative estimate of drug-likeness (QED) is 0.856. The van der Waals surface area contributed by atoms with E-state index in [2.05, 4.69) is 0 Å². The minimum atomic E-state index is -3.55. The van der Waals surface area contributed by atoms with E-state index < -0.39 is 15.6 Å². The van der Waals surface area contributed by atoms with Gasteiger partial charge in [0, 0.05) is 19.6 Å². The highest BCUT2D eigenvalue weighted by atomic mass is 32.2. The number of rotatable bonds is 5. The lowest BCUT2D eigenvalue weighted by Gasteiger charge is -2.29. The van der Waals surface area contributed by atoms with Gasteiger partial charge in [0.2, 0.25) is 10.0 Å². The van der Waals surface area contributed by atoms with Crippen LogP contribution in [0.4, 0.5) is 0 Å². The van der Waals surface area contributed by atoms with Crippen molar-refractivity contribution in [1.82, 2.24) is 9.21 Å². The smallest absolute Gasteiger partial charge is 0.243 e. The lowest BCUT2D eigenvalue weighted by molar-refractivity contribution is 0.00405. The van der Waals surface area contributed by atoms with Gasteiger partial charge in [-0.15, -0.1) is 0 Å². The Morgan fingerprint density at radius 1 is 0.963 bits per heavy atom. The monoisotopic (exact) mass is 388 g/mol. The molecule has 0 unspecified atom stereocenters. The van der Waals surface area contributed by atoms with Gasteiger partial charge in [-0.1, -0.05) is 42.5 Å². The van der Waals surface area contributed by atoms with Crippen molar-refractivity contribution in [3.8, 4) is 11.1 Å². The standard InChI is InChI=1S/C21H28N2O3S/c1-22(2)17-21(24)13-6-15-23(16-14-21)27(25,26)20-11-9-19(10-12-20)18-7-4-3-5-8-18/h3-5,7-12,24H,6,13-17H2,1-2H3/t21-/m1/s1. The second-order valence-corrected chi connectivity index (χ2v) is 9.55. The van der Waals surface area contributed by atoms with E-state index in [1.807, 2.05) is 61.5 Å². The summed E-state index contributed by atoms with van der Waals surface area (Å²) in [5, 5.41) is 10.8. The first-order chi connectivity index (χ1) is 12.8. The summed E-state index contributed by atoms with van der Waals surface area (Å²) in [6.45, 7) is 1.33. The van der Waals surface area contributed by atoms with Gasteiger partial charge in [-0.2, -0.15) is 4.31 Å². The van der Waals surface area contributed by atoms with Crippen LogP contribution in [0.15, 0.2) is 59.5 Å². The number of likely N-dealkylation sites (N-methyl/N-ethyl adjacent to an activating group) is 1. The minimum absolute atomic E-state index is 0.306. The van der Waals surface area contributed by atoms with Crippen LogP contribution >= 0.6 is 0 Å². The molecule has 1 fully saturated rings. The highest BCUT2D eigenvalue weighted by molar-refractivity contribution is 7.89. The molecule has 2 aromatic rings. The van der Waals surface area contributed by atoms with Crippen molar-refractivity contribution in [1.29, 1.82) is 0 Å². The van der Waals surface area contributed by atoms with Crippen molar-refractivity contribution in [2.75, 3.05) is 33.7 Å². The number of nitrogens with zero attached hydrogens (tertiary/aromatic N) is 2. The summed E-state index contributed by atoms with van der Waals surface area (Å²) < 4.78 is 27.6. The zero-order valence-electron chi connectivity index (χ0n) is 16.0. The van der Waals surface area contributed by atoms with E-state index in [0.717, 1.165) is 11.1 Å². The molecule has 1 N–H and O–H groups in total. The molecule has 27 heavy (non-hydrogen) atoms. The Bertz CT molecular complexity index is 851. The Morgan fingerprint density at radius 2 is 1.59 bits per heavy atom. The fourth-order valence-corrected chi connectivity index (χ4v) is 5.22. The molecule has 0 radical (unpaired) electrons. The molecule has 1 heterocycles. The van der Waals surface area contributed by atoms with Crippen LogP contribution in [-0.4, -0.2) is 62.1 Å². The van der Waals surface area contributed by atoms with Crippen LogP contribution in [0.2, 0.25) is 0 Å². The van der Waals surface area contributed by atoms with Crippen molar-refractivity contribution in [2.45, 2.75) is 29.8 Å². The molecule has 1 aliphatic rings. The molecular weight excluding hydrogens is 360 g/mol. The van der Waals surface area contributed by atoms with Crippen LogP contribution in [0.3, 0.4) is 0 Å². The summed E-state index contributed by atoms with van der Waals surface area (Å²) in [7, 11) is 0.290. The molecule has 0 spiro atoms.